The summed E-state index contributed by atoms with van der Waals surface area (Å²) in [5, 5.41) is 10.9. The van der Waals surface area contributed by atoms with Crippen molar-refractivity contribution in [3.8, 4) is 0 Å². The van der Waals surface area contributed by atoms with Crippen LogP contribution in [0, 0.1) is 24.2 Å². The van der Waals surface area contributed by atoms with Crippen LogP contribution < -0.4 is 0 Å². The average molecular weight is 363 g/mol. The minimum atomic E-state index is -0.466. The molecule has 22 heavy (non-hydrogen) atoms. The van der Waals surface area contributed by atoms with E-state index in [1.807, 2.05) is 0 Å². The maximum absolute atomic E-state index is 10.9. The predicted octanol–water partition coefficient (Wildman–Crippen LogP) is 5.36. The molecular formula is C20H27BrO. The summed E-state index contributed by atoms with van der Waals surface area (Å²) in [5.41, 5.74) is 4.33. The van der Waals surface area contributed by atoms with E-state index in [1.165, 1.54) is 42.1 Å². The van der Waals surface area contributed by atoms with Crippen molar-refractivity contribution in [3.05, 3.63) is 33.3 Å². The second-order valence-corrected chi connectivity index (χ2v) is 9.30. The fourth-order valence-electron chi connectivity index (χ4n) is 6.08. The molecule has 0 aromatic heterocycles. The summed E-state index contributed by atoms with van der Waals surface area (Å²) < 4.78 is 1.32. The fourth-order valence-corrected chi connectivity index (χ4v) is 6.75. The standard InChI is InChI=1S/C20H27BrO/c1-12-4-7-17(21)18-13(12)5-6-14-15(18)8-10-19(2)16(14)9-11-20(19,3)22/h4,7,14-16,22H,5-6,8-11H2,1-3H3/t14-,15+,16+,19+,20+/m1/s1. The summed E-state index contributed by atoms with van der Waals surface area (Å²) in [6, 6.07) is 4.51. The molecule has 1 nitrogen and oxygen atoms in total. The van der Waals surface area contributed by atoms with E-state index in [1.54, 1.807) is 11.1 Å². The zero-order valence-electron chi connectivity index (χ0n) is 14.0. The lowest BCUT2D eigenvalue weighted by Crippen LogP contribution is -2.49. The molecule has 0 radical (unpaired) electrons. The number of fused-ring (bicyclic) bond motifs is 5. The molecule has 0 spiro atoms. The van der Waals surface area contributed by atoms with Crippen molar-refractivity contribution in [2.24, 2.45) is 17.3 Å². The van der Waals surface area contributed by atoms with E-state index in [-0.39, 0.29) is 5.41 Å². The molecule has 3 aliphatic rings. The van der Waals surface area contributed by atoms with E-state index >= 15 is 0 Å². The van der Waals surface area contributed by atoms with E-state index < -0.39 is 5.60 Å². The Morgan fingerprint density at radius 2 is 1.91 bits per heavy atom. The highest BCUT2D eigenvalue weighted by Gasteiger charge is 2.59. The van der Waals surface area contributed by atoms with Crippen LogP contribution in [0.4, 0.5) is 0 Å². The lowest BCUT2D eigenvalue weighted by Gasteiger charge is -2.53. The lowest BCUT2D eigenvalue weighted by molar-refractivity contribution is -0.0902. The second-order valence-electron chi connectivity index (χ2n) is 8.44. The Bertz CT molecular complexity index is 620. The molecule has 0 heterocycles. The van der Waals surface area contributed by atoms with Gasteiger partial charge < -0.3 is 5.11 Å². The summed E-state index contributed by atoms with van der Waals surface area (Å²) in [5.74, 6) is 2.16. The number of hydrogen-bond acceptors (Lipinski definition) is 1. The maximum atomic E-state index is 10.9. The molecule has 2 saturated carbocycles. The summed E-state index contributed by atoms with van der Waals surface area (Å²) in [6.07, 6.45) is 7.14. The topological polar surface area (TPSA) is 20.2 Å². The number of hydrogen-bond donors (Lipinski definition) is 1. The van der Waals surface area contributed by atoms with Gasteiger partial charge in [0.25, 0.3) is 0 Å². The first-order valence-electron chi connectivity index (χ1n) is 8.85. The molecule has 1 N–H and O–H groups in total. The van der Waals surface area contributed by atoms with Crippen molar-refractivity contribution in [2.45, 2.75) is 70.8 Å². The zero-order chi connectivity index (χ0) is 15.7. The fraction of sp³-hybridized carbons (Fsp3) is 0.700. The summed E-state index contributed by atoms with van der Waals surface area (Å²) in [4.78, 5) is 0. The molecular weight excluding hydrogens is 336 g/mol. The highest BCUT2D eigenvalue weighted by molar-refractivity contribution is 9.10. The molecule has 4 rings (SSSR count). The minimum Gasteiger partial charge on any atom is -0.390 e. The predicted molar refractivity (Wildman–Crippen MR) is 94.1 cm³/mol. The van der Waals surface area contributed by atoms with Crippen molar-refractivity contribution in [1.82, 2.24) is 0 Å². The number of aryl methyl sites for hydroxylation is 1. The number of halogens is 1. The molecule has 5 atom stereocenters. The highest BCUT2D eigenvalue weighted by atomic mass is 79.9. The molecule has 0 aliphatic heterocycles. The smallest absolute Gasteiger partial charge is 0.0675 e. The Morgan fingerprint density at radius 1 is 1.14 bits per heavy atom. The van der Waals surface area contributed by atoms with Gasteiger partial charge in [0.05, 0.1) is 5.60 Å². The van der Waals surface area contributed by atoms with Crippen molar-refractivity contribution in [3.63, 3.8) is 0 Å². The normalized spacial score (nSPS) is 43.4. The Labute approximate surface area is 142 Å². The van der Waals surface area contributed by atoms with E-state index in [2.05, 4.69) is 48.8 Å². The quantitative estimate of drug-likeness (QED) is 0.657. The van der Waals surface area contributed by atoms with Crippen LogP contribution in [0.1, 0.15) is 68.6 Å². The van der Waals surface area contributed by atoms with Crippen LogP contribution in [0.2, 0.25) is 0 Å². The van der Waals surface area contributed by atoms with Crippen LogP contribution >= 0.6 is 15.9 Å². The Morgan fingerprint density at radius 3 is 2.68 bits per heavy atom. The SMILES string of the molecule is Cc1ccc(Br)c2c1CC[C@@H]1[C@@H]2CC[C@@]2(C)[C@H]1CC[C@]2(C)O. The first kappa shape index (κ1) is 15.2. The van der Waals surface area contributed by atoms with Gasteiger partial charge in [-0.3, -0.25) is 0 Å². The molecule has 0 unspecified atom stereocenters. The first-order chi connectivity index (χ1) is 10.3. The molecule has 0 saturated heterocycles. The van der Waals surface area contributed by atoms with E-state index in [0.29, 0.717) is 11.8 Å². The third kappa shape index (κ3) is 1.86. The van der Waals surface area contributed by atoms with Crippen LogP contribution in [-0.4, -0.2) is 10.7 Å². The van der Waals surface area contributed by atoms with Crippen LogP contribution in [0.15, 0.2) is 16.6 Å². The first-order valence-corrected chi connectivity index (χ1v) is 9.65. The molecule has 2 heteroatoms. The van der Waals surface area contributed by atoms with Crippen LogP contribution in [0.5, 0.6) is 0 Å². The number of rotatable bonds is 0. The van der Waals surface area contributed by atoms with Crippen molar-refractivity contribution in [2.75, 3.05) is 0 Å². The second kappa shape index (κ2) is 4.83. The zero-order valence-corrected chi connectivity index (χ0v) is 15.5. The third-order valence-corrected chi connectivity index (χ3v) is 8.33. The Balaban J connectivity index is 1.77. The molecule has 3 aliphatic carbocycles. The van der Waals surface area contributed by atoms with E-state index in [9.17, 15) is 5.11 Å². The molecule has 2 fully saturated rings. The van der Waals surface area contributed by atoms with Crippen molar-refractivity contribution >= 4 is 15.9 Å². The van der Waals surface area contributed by atoms with Crippen LogP contribution in [0.25, 0.3) is 0 Å². The van der Waals surface area contributed by atoms with Gasteiger partial charge in [0.15, 0.2) is 0 Å². The molecule has 1 aromatic carbocycles. The van der Waals surface area contributed by atoms with Gasteiger partial charge >= 0.3 is 0 Å². The summed E-state index contributed by atoms with van der Waals surface area (Å²) >= 11 is 3.84. The maximum Gasteiger partial charge on any atom is 0.0675 e. The largest absolute Gasteiger partial charge is 0.390 e. The minimum absolute atomic E-state index is 0.127. The Kier molecular flexibility index (Phi) is 3.34. The monoisotopic (exact) mass is 362 g/mol. The third-order valence-electron chi connectivity index (χ3n) is 7.64. The van der Waals surface area contributed by atoms with Gasteiger partial charge in [-0.15, -0.1) is 0 Å². The highest BCUT2D eigenvalue weighted by Crippen LogP contribution is 2.64. The van der Waals surface area contributed by atoms with Gasteiger partial charge in [-0.25, -0.2) is 0 Å². The number of benzene rings is 1. The van der Waals surface area contributed by atoms with Gasteiger partial charge in [-0.1, -0.05) is 28.9 Å². The Hall–Kier alpha value is -0.340. The van der Waals surface area contributed by atoms with Gasteiger partial charge in [-0.05, 0) is 98.3 Å². The number of aliphatic hydroxyl groups is 1. The van der Waals surface area contributed by atoms with Crippen molar-refractivity contribution in [1.29, 1.82) is 0 Å². The van der Waals surface area contributed by atoms with Crippen LogP contribution in [-0.2, 0) is 6.42 Å². The lowest BCUT2D eigenvalue weighted by atomic mass is 9.53. The van der Waals surface area contributed by atoms with E-state index in [4.69, 9.17) is 0 Å². The van der Waals surface area contributed by atoms with Gasteiger partial charge in [0, 0.05) is 4.47 Å². The van der Waals surface area contributed by atoms with Crippen molar-refractivity contribution < 1.29 is 5.11 Å². The van der Waals surface area contributed by atoms with E-state index in [0.717, 1.165) is 12.3 Å². The van der Waals surface area contributed by atoms with Gasteiger partial charge in [-0.2, -0.15) is 0 Å². The van der Waals surface area contributed by atoms with Gasteiger partial charge in [0.2, 0.25) is 0 Å². The molecule has 120 valence electrons. The van der Waals surface area contributed by atoms with Crippen LogP contribution in [0.3, 0.4) is 0 Å². The molecule has 1 aromatic rings. The summed E-state index contributed by atoms with van der Waals surface area (Å²) in [6.45, 7) is 6.71. The average Bonchev–Trinajstić information content (AvgIpc) is 2.73. The van der Waals surface area contributed by atoms with Gasteiger partial charge in [0.1, 0.15) is 0 Å². The molecule has 0 amide bonds. The summed E-state index contributed by atoms with van der Waals surface area (Å²) in [7, 11) is 0. The molecule has 0 bridgehead atoms.